The molecule has 3 N–H and O–H groups in total. The van der Waals surface area contributed by atoms with Gasteiger partial charge in [-0.1, -0.05) is 142 Å². The van der Waals surface area contributed by atoms with E-state index in [4.69, 9.17) is 23.7 Å². The number of hydrogen-bond donors (Lipinski definition) is 3. The first-order valence-electron chi connectivity index (χ1n) is 35.7. The standard InChI is InChI=1S/C34H41BrN2O8.C24H25BrN2O4.C23H23BrN2O4/c1-9-12-22(18-29(38)42-8)36-26-14-11-10-13-23(26)25(30(36)39)16-20-15-21(35)17-27-24(20)19-28(43-32(41)45-34(5,6)7)37(27)31(40)44-33(2,3)4;1-3-6-16(12-23(29)31-2)27-21-8-5-4-7-17(21)19(24(27)30)10-14-9-15(25)11-20-18(14)13-22(28)26-20;1-2-5-15(11-22(28)29)26-20-7-4-3-6-16(20)18(23(26)30)9-13-8-14(24)10-19-17(13)12-21(27)25-19/h10-11,13-15,17,19,22,25H,9,12,16,18H2,1-8H3;4-5,7-9,11,16,19H,3,6,10,12-13H2,1-2H3,(H,26,28);3-4,6-8,10,15,18H,2,5,9,11-12H2,1H3,(H,25,27)(H,28,29). The lowest BCUT2D eigenvalue weighted by atomic mass is 9.90. The quantitative estimate of drug-likeness (QED) is 0.0420. The summed E-state index contributed by atoms with van der Waals surface area (Å²) in [5.74, 6) is -3.27. The minimum atomic E-state index is -0.973. The highest BCUT2D eigenvalue weighted by Gasteiger charge is 2.45. The van der Waals surface area contributed by atoms with Crippen LogP contribution >= 0.6 is 47.8 Å². The van der Waals surface area contributed by atoms with Gasteiger partial charge in [0.25, 0.3) is 0 Å². The molecule has 6 aromatic carbocycles. The van der Waals surface area contributed by atoms with Crippen molar-refractivity contribution in [3.8, 4) is 5.88 Å². The van der Waals surface area contributed by atoms with Crippen molar-refractivity contribution in [1.82, 2.24) is 4.57 Å². The molecule has 0 saturated heterocycles. The molecular weight excluding hydrogens is 1550 g/mol. The lowest BCUT2D eigenvalue weighted by molar-refractivity contribution is -0.142. The Morgan fingerprint density at radius 1 is 0.509 bits per heavy atom. The van der Waals surface area contributed by atoms with Crippen molar-refractivity contribution < 1.29 is 76.7 Å². The van der Waals surface area contributed by atoms with Crippen LogP contribution in [0.4, 0.5) is 38.0 Å². The number of benzene rings is 6. The molecule has 0 radical (unpaired) electrons. The molecule has 12 rings (SSSR count). The number of aliphatic carboxylic acids is 1. The normalized spacial score (nSPS) is 17.0. The Labute approximate surface area is 641 Å². The summed E-state index contributed by atoms with van der Waals surface area (Å²) in [6.45, 7) is 16.4. The number of para-hydroxylation sites is 3. The average Bonchev–Trinajstić information content (AvgIpc) is 1.61. The Balaban J connectivity index is 0.000000175. The molecule has 6 heterocycles. The summed E-state index contributed by atoms with van der Waals surface area (Å²) in [7, 11) is 2.72. The molecule has 0 fully saturated rings. The van der Waals surface area contributed by atoms with E-state index < -0.39 is 41.3 Å². The van der Waals surface area contributed by atoms with Crippen molar-refractivity contribution in [2.75, 3.05) is 39.6 Å². The Hall–Kier alpha value is -9.20. The number of fused-ring (bicyclic) bond motifs is 6. The maximum Gasteiger partial charge on any atom is 0.515 e. The molecule has 0 spiro atoms. The molecule has 6 atom stereocenters. The van der Waals surface area contributed by atoms with E-state index in [9.17, 15) is 53.1 Å². The van der Waals surface area contributed by atoms with E-state index in [0.29, 0.717) is 60.3 Å². The van der Waals surface area contributed by atoms with E-state index in [2.05, 4.69) is 58.4 Å². The van der Waals surface area contributed by atoms with Gasteiger partial charge >= 0.3 is 30.2 Å². The van der Waals surface area contributed by atoms with Crippen LogP contribution in [0.2, 0.25) is 0 Å². The number of methoxy groups -OCH3 is 2. The predicted molar refractivity (Wildman–Crippen MR) is 414 cm³/mol. The van der Waals surface area contributed by atoms with Crippen molar-refractivity contribution in [3.63, 3.8) is 0 Å². The minimum absolute atomic E-state index is 0.00504. The fourth-order valence-corrected chi connectivity index (χ4v) is 16.4. The molecule has 5 aliphatic heterocycles. The third-order valence-electron chi connectivity index (χ3n) is 19.2. The average molecular weight is 1640 g/mol. The first-order valence-corrected chi connectivity index (χ1v) is 38.0. The number of carboxylic acid groups (broad SMARTS) is 1. The summed E-state index contributed by atoms with van der Waals surface area (Å²) in [6, 6.07) is 35.0. The second kappa shape index (κ2) is 33.7. The van der Waals surface area contributed by atoms with Gasteiger partial charge in [-0.05, 0) is 179 Å². The summed E-state index contributed by atoms with van der Waals surface area (Å²) >= 11 is 10.6. The van der Waals surface area contributed by atoms with Crippen LogP contribution in [0.25, 0.3) is 10.9 Å². The van der Waals surface area contributed by atoms with Gasteiger partial charge in [0.15, 0.2) is 0 Å². The number of hydrogen-bond acceptors (Lipinski definition) is 15. The van der Waals surface area contributed by atoms with Gasteiger partial charge in [-0.2, -0.15) is 0 Å². The molecule has 0 bridgehead atoms. The smallest absolute Gasteiger partial charge is 0.481 e. The van der Waals surface area contributed by atoms with Gasteiger partial charge in [-0.15, -0.1) is 0 Å². The zero-order valence-corrected chi connectivity index (χ0v) is 66.1. The lowest BCUT2D eigenvalue weighted by Crippen LogP contribution is -2.40. The van der Waals surface area contributed by atoms with Gasteiger partial charge in [0.05, 0.1) is 69.6 Å². The predicted octanol–water partition coefficient (Wildman–Crippen LogP) is 16.5. The number of carbonyl (C=O) groups excluding carboxylic acids is 9. The maximum atomic E-state index is 14.2. The van der Waals surface area contributed by atoms with Crippen LogP contribution in [-0.4, -0.2) is 113 Å². The van der Waals surface area contributed by atoms with Crippen molar-refractivity contribution in [2.45, 2.75) is 199 Å². The Kier molecular flexibility index (Phi) is 25.2. The van der Waals surface area contributed by atoms with Crippen LogP contribution in [0.5, 0.6) is 5.88 Å². The first-order chi connectivity index (χ1) is 50.3. The van der Waals surface area contributed by atoms with E-state index in [-0.39, 0.29) is 97.1 Å². The van der Waals surface area contributed by atoms with Crippen molar-refractivity contribution in [1.29, 1.82) is 0 Å². The van der Waals surface area contributed by atoms with Crippen molar-refractivity contribution >= 4 is 147 Å². The number of halogens is 3. The van der Waals surface area contributed by atoms with Gasteiger partial charge in [-0.3, -0.25) is 38.4 Å². The van der Waals surface area contributed by atoms with E-state index in [1.807, 2.05) is 124 Å². The zero-order valence-electron chi connectivity index (χ0n) is 61.3. The molecule has 25 heteroatoms. The summed E-state index contributed by atoms with van der Waals surface area (Å²) in [4.78, 5) is 133. The molecule has 106 heavy (non-hydrogen) atoms. The fraction of sp³-hybridized carbons (Fsp3) is 0.407. The number of nitrogens with one attached hydrogen (secondary N) is 2. The van der Waals surface area contributed by atoms with Crippen molar-refractivity contribution in [2.24, 2.45) is 0 Å². The zero-order chi connectivity index (χ0) is 76.8. The highest BCUT2D eigenvalue weighted by Crippen LogP contribution is 2.48. The maximum absolute atomic E-state index is 14.2. The molecule has 0 aliphatic carbocycles. The van der Waals surface area contributed by atoms with Crippen LogP contribution in [0.1, 0.15) is 182 Å². The molecule has 22 nitrogen and oxygen atoms in total. The molecule has 6 unspecified atom stereocenters. The Morgan fingerprint density at radius 3 is 1.25 bits per heavy atom. The second-order valence-corrected chi connectivity index (χ2v) is 31.8. The highest BCUT2D eigenvalue weighted by molar-refractivity contribution is 9.11. The minimum Gasteiger partial charge on any atom is -0.481 e. The lowest BCUT2D eigenvalue weighted by Gasteiger charge is -2.28. The summed E-state index contributed by atoms with van der Waals surface area (Å²) < 4.78 is 30.0. The van der Waals surface area contributed by atoms with Gasteiger partial charge in [0.2, 0.25) is 35.4 Å². The number of nitrogens with zero attached hydrogens (tertiary/aromatic N) is 4. The summed E-state index contributed by atoms with van der Waals surface area (Å²) in [5.41, 5.74) is 10.1. The van der Waals surface area contributed by atoms with Crippen LogP contribution < -0.4 is 30.1 Å². The Morgan fingerprint density at radius 2 is 0.877 bits per heavy atom. The van der Waals surface area contributed by atoms with Crippen LogP contribution in [0, 0.1) is 0 Å². The second-order valence-electron chi connectivity index (χ2n) is 29.1. The molecule has 7 aromatic rings. The third-order valence-corrected chi connectivity index (χ3v) is 20.5. The van der Waals surface area contributed by atoms with Gasteiger partial charge in [-0.25, -0.2) is 14.2 Å². The molecule has 1 aromatic heterocycles. The monoisotopic (exact) mass is 1640 g/mol. The van der Waals surface area contributed by atoms with Gasteiger partial charge in [0.1, 0.15) is 11.2 Å². The van der Waals surface area contributed by atoms with Crippen LogP contribution in [0.3, 0.4) is 0 Å². The number of ether oxygens (including phenoxy) is 5. The molecule has 5 amide bonds. The molecule has 560 valence electrons. The summed E-state index contributed by atoms with van der Waals surface area (Å²) in [5, 5.41) is 15.7. The molecule has 0 saturated carbocycles. The molecule has 5 aliphatic rings. The number of esters is 2. The molecular formula is C81H89Br3N6O16. The summed E-state index contributed by atoms with van der Waals surface area (Å²) in [6.07, 6.45) is 4.75. The number of aromatic nitrogens is 1. The number of carboxylic acids is 1. The SMILES string of the molecule is CCCC(CC(=O)O)N1C(=O)C(Cc2cc(Br)cc3c2CC(=O)N3)c2ccccc21.CCCC(CC(=O)OC)N1C(=O)C(Cc2cc(Br)cc3c2CC(=O)N3)c2ccccc21.CCCC(CC(=O)OC)N1C(=O)C(Cc2cc(Br)cc3c2cc(OC(=O)OC(C)(C)C)n3C(=O)OC(C)(C)C)c2ccccc21. The van der Waals surface area contributed by atoms with E-state index in [1.165, 1.54) is 18.8 Å². The number of carbonyl (C=O) groups is 10. The highest BCUT2D eigenvalue weighted by atomic mass is 79.9. The number of anilines is 5. The van der Waals surface area contributed by atoms with Crippen LogP contribution in [-0.2, 0) is 89.4 Å². The first kappa shape index (κ1) is 79.4. The fourth-order valence-electron chi connectivity index (χ4n) is 14.9. The third kappa shape index (κ3) is 18.1. The topological polar surface area (TPSA) is 276 Å². The van der Waals surface area contributed by atoms with Crippen molar-refractivity contribution in [3.05, 3.63) is 173 Å². The largest absolute Gasteiger partial charge is 0.515 e. The number of amides is 5. The van der Waals surface area contributed by atoms with E-state index in [0.717, 1.165) is 101 Å². The van der Waals surface area contributed by atoms with Crippen LogP contribution in [0.15, 0.2) is 129 Å². The van der Waals surface area contributed by atoms with E-state index >= 15 is 0 Å². The number of rotatable bonds is 22. The van der Waals surface area contributed by atoms with E-state index in [1.54, 1.807) is 68.4 Å². The Bertz CT molecular complexity index is 4600. The van der Waals surface area contributed by atoms with Gasteiger partial charge in [0, 0.05) is 71.4 Å². The van der Waals surface area contributed by atoms with Gasteiger partial charge < -0.3 is 54.1 Å².